The summed E-state index contributed by atoms with van der Waals surface area (Å²) >= 11 is 0. The fourth-order valence-corrected chi connectivity index (χ4v) is 2.39. The molecule has 27 heavy (non-hydrogen) atoms. The van der Waals surface area contributed by atoms with E-state index in [9.17, 15) is 9.18 Å². The molecule has 0 aliphatic carbocycles. The number of nitrogens with zero attached hydrogens (tertiary/aromatic N) is 3. The van der Waals surface area contributed by atoms with E-state index in [1.54, 1.807) is 32.9 Å². The molecule has 2 aromatic carbocycles. The Morgan fingerprint density at radius 2 is 1.74 bits per heavy atom. The lowest BCUT2D eigenvalue weighted by Crippen LogP contribution is -2.35. The van der Waals surface area contributed by atoms with Gasteiger partial charge in [-0.1, -0.05) is 30.3 Å². The molecule has 0 heterocycles. The maximum absolute atomic E-state index is 13.8. The van der Waals surface area contributed by atoms with Crippen molar-refractivity contribution in [2.75, 3.05) is 6.54 Å². The molecule has 0 radical (unpaired) electrons. The van der Waals surface area contributed by atoms with Crippen molar-refractivity contribution >= 4 is 6.09 Å². The van der Waals surface area contributed by atoms with Gasteiger partial charge in [-0.05, 0) is 56.0 Å². The van der Waals surface area contributed by atoms with Gasteiger partial charge in [0, 0.05) is 6.54 Å². The molecule has 2 aromatic rings. The molecule has 0 saturated heterocycles. The third-order valence-corrected chi connectivity index (χ3v) is 3.74. The smallest absolute Gasteiger partial charge is 0.423 e. The van der Waals surface area contributed by atoms with Crippen LogP contribution in [0.4, 0.5) is 9.18 Å². The first-order valence-electron chi connectivity index (χ1n) is 8.42. The van der Waals surface area contributed by atoms with Crippen LogP contribution in [0.2, 0.25) is 0 Å². The zero-order valence-electron chi connectivity index (χ0n) is 15.5. The van der Waals surface area contributed by atoms with E-state index in [0.717, 1.165) is 16.0 Å². The Morgan fingerprint density at radius 1 is 1.11 bits per heavy atom. The van der Waals surface area contributed by atoms with Crippen LogP contribution in [0, 0.1) is 28.6 Å². The molecule has 0 aliphatic rings. The highest BCUT2D eigenvalue weighted by Gasteiger charge is 2.21. The molecule has 0 atom stereocenters. The van der Waals surface area contributed by atoms with E-state index in [1.165, 1.54) is 12.1 Å². The van der Waals surface area contributed by atoms with Gasteiger partial charge in [0.1, 0.15) is 17.5 Å². The van der Waals surface area contributed by atoms with E-state index in [0.29, 0.717) is 12.0 Å². The number of carbonyl (C=O) groups excluding carboxylic acids is 1. The van der Waals surface area contributed by atoms with E-state index in [-0.39, 0.29) is 12.1 Å². The summed E-state index contributed by atoms with van der Waals surface area (Å²) in [6.07, 6.45) is 1.65. The summed E-state index contributed by atoms with van der Waals surface area (Å²) in [5, 5.41) is 17.9. The molecule has 0 aliphatic heterocycles. The van der Waals surface area contributed by atoms with Gasteiger partial charge in [0.15, 0.2) is 6.19 Å². The lowest BCUT2D eigenvalue weighted by Gasteiger charge is -2.22. The van der Waals surface area contributed by atoms with Crippen molar-refractivity contribution in [2.24, 2.45) is 0 Å². The number of rotatable bonds is 4. The summed E-state index contributed by atoms with van der Waals surface area (Å²) in [7, 11) is 0. The Morgan fingerprint density at radius 3 is 2.26 bits per heavy atom. The number of nitriles is 2. The highest BCUT2D eigenvalue weighted by molar-refractivity contribution is 5.70. The van der Waals surface area contributed by atoms with Crippen molar-refractivity contribution in [2.45, 2.75) is 32.8 Å². The molecule has 0 spiro atoms. The average Bonchev–Trinajstić information content (AvgIpc) is 2.61. The van der Waals surface area contributed by atoms with Crippen molar-refractivity contribution in [3.8, 4) is 23.4 Å². The molecule has 0 aromatic heterocycles. The Balaban J connectivity index is 2.03. The molecule has 0 saturated carbocycles. The van der Waals surface area contributed by atoms with Crippen LogP contribution >= 0.6 is 0 Å². The standard InChI is InChI=1S/C21H20FN3O2/c1-21(2,3)27-20(26)25(14-24)11-10-15-4-6-16(7-5-15)17-8-9-18(13-23)19(22)12-17/h4-9,12H,10-11H2,1-3H3. The van der Waals surface area contributed by atoms with E-state index in [4.69, 9.17) is 15.3 Å². The third-order valence-electron chi connectivity index (χ3n) is 3.74. The van der Waals surface area contributed by atoms with Crippen LogP contribution in [-0.2, 0) is 11.2 Å². The Labute approximate surface area is 158 Å². The molecule has 138 valence electrons. The number of hydrogen-bond acceptors (Lipinski definition) is 4. The van der Waals surface area contributed by atoms with Gasteiger partial charge in [-0.25, -0.2) is 14.1 Å². The lowest BCUT2D eigenvalue weighted by molar-refractivity contribution is 0.0350. The largest absolute Gasteiger partial charge is 0.443 e. The first-order chi connectivity index (χ1) is 12.7. The highest BCUT2D eigenvalue weighted by Crippen LogP contribution is 2.22. The predicted octanol–water partition coefficient (Wildman–Crippen LogP) is 4.63. The number of halogens is 1. The van der Waals surface area contributed by atoms with Gasteiger partial charge in [0.2, 0.25) is 0 Å². The quantitative estimate of drug-likeness (QED) is 0.585. The van der Waals surface area contributed by atoms with Crippen LogP contribution in [0.15, 0.2) is 42.5 Å². The van der Waals surface area contributed by atoms with Gasteiger partial charge < -0.3 is 4.74 Å². The number of amides is 1. The summed E-state index contributed by atoms with van der Waals surface area (Å²) in [4.78, 5) is 12.9. The summed E-state index contributed by atoms with van der Waals surface area (Å²) in [6.45, 7) is 5.43. The topological polar surface area (TPSA) is 77.1 Å². The van der Waals surface area contributed by atoms with E-state index >= 15 is 0 Å². The highest BCUT2D eigenvalue weighted by atomic mass is 19.1. The minimum Gasteiger partial charge on any atom is -0.443 e. The Hall–Kier alpha value is -3.38. The maximum Gasteiger partial charge on any atom is 0.423 e. The summed E-state index contributed by atoms with van der Waals surface area (Å²) in [5.41, 5.74) is 1.76. The molecular formula is C21H20FN3O2. The second-order valence-electron chi connectivity index (χ2n) is 6.99. The monoisotopic (exact) mass is 365 g/mol. The van der Waals surface area contributed by atoms with Gasteiger partial charge in [0.05, 0.1) is 5.56 Å². The van der Waals surface area contributed by atoms with E-state index in [2.05, 4.69) is 0 Å². The SMILES string of the molecule is CC(C)(C)OC(=O)N(C#N)CCc1ccc(-c2ccc(C#N)c(F)c2)cc1. The van der Waals surface area contributed by atoms with Crippen LogP contribution in [-0.4, -0.2) is 23.1 Å². The van der Waals surface area contributed by atoms with Crippen LogP contribution in [0.3, 0.4) is 0 Å². The van der Waals surface area contributed by atoms with E-state index < -0.39 is 17.5 Å². The number of ether oxygens (including phenoxy) is 1. The second-order valence-corrected chi connectivity index (χ2v) is 6.99. The van der Waals surface area contributed by atoms with Gasteiger partial charge >= 0.3 is 6.09 Å². The summed E-state index contributed by atoms with van der Waals surface area (Å²) in [5.74, 6) is -0.555. The van der Waals surface area contributed by atoms with Gasteiger partial charge in [-0.2, -0.15) is 10.5 Å². The molecule has 0 N–H and O–H groups in total. The Bertz CT molecular complexity index is 903. The molecular weight excluding hydrogens is 345 g/mol. The lowest BCUT2D eigenvalue weighted by atomic mass is 10.0. The van der Waals surface area contributed by atoms with Crippen molar-refractivity contribution in [1.29, 1.82) is 10.5 Å². The van der Waals surface area contributed by atoms with Crippen LogP contribution in [0.25, 0.3) is 11.1 Å². The molecule has 0 unspecified atom stereocenters. The van der Waals surface area contributed by atoms with Crippen molar-refractivity contribution < 1.29 is 13.9 Å². The van der Waals surface area contributed by atoms with E-state index in [1.807, 2.05) is 30.5 Å². The Kier molecular flexibility index (Phi) is 6.15. The van der Waals surface area contributed by atoms with Crippen LogP contribution in [0.5, 0.6) is 0 Å². The molecule has 1 amide bonds. The second kappa shape index (κ2) is 8.33. The fourth-order valence-electron chi connectivity index (χ4n) is 2.39. The summed E-state index contributed by atoms with van der Waals surface area (Å²) < 4.78 is 18.9. The van der Waals surface area contributed by atoms with Crippen LogP contribution in [0.1, 0.15) is 31.9 Å². The number of benzene rings is 2. The van der Waals surface area contributed by atoms with Crippen LogP contribution < -0.4 is 0 Å². The minimum absolute atomic E-state index is 0.00843. The van der Waals surface area contributed by atoms with Crippen molar-refractivity contribution in [3.05, 3.63) is 59.4 Å². The number of carbonyl (C=O) groups is 1. The minimum atomic E-state index is -0.672. The molecule has 6 heteroatoms. The average molecular weight is 365 g/mol. The zero-order chi connectivity index (χ0) is 20.0. The van der Waals surface area contributed by atoms with Gasteiger partial charge in [-0.15, -0.1) is 0 Å². The first kappa shape index (κ1) is 19.9. The normalized spacial score (nSPS) is 10.6. The predicted molar refractivity (Wildman–Crippen MR) is 98.8 cm³/mol. The number of hydrogen-bond donors (Lipinski definition) is 0. The molecule has 0 bridgehead atoms. The molecule has 0 fully saturated rings. The first-order valence-corrected chi connectivity index (χ1v) is 8.42. The molecule has 2 rings (SSSR count). The molecule has 5 nitrogen and oxygen atoms in total. The van der Waals surface area contributed by atoms with Crippen molar-refractivity contribution in [3.63, 3.8) is 0 Å². The fraction of sp³-hybridized carbons (Fsp3) is 0.286. The zero-order valence-corrected chi connectivity index (χ0v) is 15.5. The summed E-state index contributed by atoms with van der Waals surface area (Å²) in [6, 6.07) is 13.6. The third kappa shape index (κ3) is 5.55. The maximum atomic E-state index is 13.8. The van der Waals surface area contributed by atoms with Gasteiger partial charge in [0.25, 0.3) is 0 Å². The van der Waals surface area contributed by atoms with Crippen molar-refractivity contribution in [1.82, 2.24) is 4.90 Å². The van der Waals surface area contributed by atoms with Gasteiger partial charge in [-0.3, -0.25) is 0 Å².